The molecule has 0 saturated carbocycles. The molecule has 0 aromatic rings. The normalized spacial score (nSPS) is 14.7. The van der Waals surface area contributed by atoms with Crippen molar-refractivity contribution in [2.45, 2.75) is 167 Å². The van der Waals surface area contributed by atoms with Crippen molar-refractivity contribution in [1.29, 1.82) is 0 Å². The van der Waals surface area contributed by atoms with Gasteiger partial charge in [0.15, 0.2) is 6.10 Å². The number of hydrogen-bond acceptors (Lipinski definition) is 9. The number of aliphatic hydroxyl groups excluding tert-OH is 1. The van der Waals surface area contributed by atoms with Crippen LogP contribution in [-0.4, -0.2) is 81.2 Å². The van der Waals surface area contributed by atoms with Crippen LogP contribution in [0.1, 0.15) is 155 Å². The van der Waals surface area contributed by atoms with E-state index in [-0.39, 0.29) is 32.2 Å². The average molecular weight is 784 g/mol. The third-order valence-electron chi connectivity index (χ3n) is 8.66. The lowest BCUT2D eigenvalue weighted by Crippen LogP contribution is -2.37. The van der Waals surface area contributed by atoms with Gasteiger partial charge in [0.05, 0.1) is 33.9 Å². The van der Waals surface area contributed by atoms with Crippen molar-refractivity contribution in [2.75, 3.05) is 47.5 Å². The van der Waals surface area contributed by atoms with Crippen LogP contribution in [0.25, 0.3) is 0 Å². The second-order valence-corrected chi connectivity index (χ2v) is 16.6. The van der Waals surface area contributed by atoms with Crippen molar-refractivity contribution in [3.63, 3.8) is 0 Å². The van der Waals surface area contributed by atoms with E-state index in [1.54, 1.807) is 0 Å². The lowest BCUT2D eigenvalue weighted by molar-refractivity contribution is -0.870. The molecule has 1 N–H and O–H groups in total. The highest BCUT2D eigenvalue weighted by molar-refractivity contribution is 7.45. The molecule has 3 atom stereocenters. The third-order valence-corrected chi connectivity index (χ3v) is 9.62. The van der Waals surface area contributed by atoms with E-state index in [4.69, 9.17) is 18.5 Å². The van der Waals surface area contributed by atoms with Gasteiger partial charge in [-0.05, 0) is 51.4 Å². The quantitative estimate of drug-likeness (QED) is 0.0215. The molecule has 0 saturated heterocycles. The lowest BCUT2D eigenvalue weighted by atomic mass is 10.0. The van der Waals surface area contributed by atoms with Crippen LogP contribution in [0.4, 0.5) is 0 Å². The Morgan fingerprint density at radius 2 is 1.19 bits per heavy atom. The monoisotopic (exact) mass is 784 g/mol. The van der Waals surface area contributed by atoms with Crippen molar-refractivity contribution in [1.82, 2.24) is 0 Å². The number of rotatable bonds is 37. The molecule has 0 aromatic carbocycles. The molecule has 0 spiro atoms. The minimum Gasteiger partial charge on any atom is -0.756 e. The number of likely N-dealkylation sites (N-methyl/N-ethyl adjacent to an activating group) is 1. The molecule has 314 valence electrons. The number of carbonyl (C=O) groups excluding carboxylic acids is 2. The maximum absolute atomic E-state index is 12.6. The van der Waals surface area contributed by atoms with Crippen molar-refractivity contribution >= 4 is 19.8 Å². The summed E-state index contributed by atoms with van der Waals surface area (Å²) in [4.78, 5) is 37.4. The topological polar surface area (TPSA) is 131 Å². The summed E-state index contributed by atoms with van der Waals surface area (Å²) in [5, 5.41) is 9.73. The smallest absolute Gasteiger partial charge is 0.306 e. The molecule has 54 heavy (non-hydrogen) atoms. The highest BCUT2D eigenvalue weighted by atomic mass is 31.2. The molecule has 2 unspecified atom stereocenters. The zero-order valence-corrected chi connectivity index (χ0v) is 35.7. The maximum atomic E-state index is 12.6. The minimum atomic E-state index is -4.64. The van der Waals surface area contributed by atoms with Crippen molar-refractivity contribution in [3.05, 3.63) is 48.6 Å². The third kappa shape index (κ3) is 38.2. The SMILES string of the molecule is CCCCCCCCCCCCCCC(=O)OC[C@H](COP(=O)([O-])OCC[N+](C)(C)C)OC(=O)CCC/C=C\C/C=C\C/C=C\C/C=C\CC(O)CCC. The summed E-state index contributed by atoms with van der Waals surface area (Å²) in [6, 6.07) is 0. The largest absolute Gasteiger partial charge is 0.756 e. The first-order valence-electron chi connectivity index (χ1n) is 20.9. The molecule has 0 aliphatic carbocycles. The Hall–Kier alpha value is -2.07. The van der Waals surface area contributed by atoms with E-state index in [9.17, 15) is 24.2 Å². The number of ether oxygens (including phenoxy) is 2. The summed E-state index contributed by atoms with van der Waals surface area (Å²) in [6.07, 6.45) is 36.3. The van der Waals surface area contributed by atoms with Crippen LogP contribution in [0.5, 0.6) is 0 Å². The Kier molecular flexibility index (Phi) is 34.0. The Labute approximate surface area is 329 Å². The van der Waals surface area contributed by atoms with E-state index >= 15 is 0 Å². The van der Waals surface area contributed by atoms with Crippen molar-refractivity contribution in [2.24, 2.45) is 0 Å². The predicted molar refractivity (Wildman–Crippen MR) is 219 cm³/mol. The Morgan fingerprint density at radius 1 is 0.667 bits per heavy atom. The summed E-state index contributed by atoms with van der Waals surface area (Å²) in [6.45, 7) is 3.93. The Balaban J connectivity index is 4.52. The Bertz CT molecular complexity index is 1080. The van der Waals surface area contributed by atoms with Gasteiger partial charge < -0.3 is 33.0 Å². The van der Waals surface area contributed by atoms with Crippen LogP contribution in [0, 0.1) is 0 Å². The van der Waals surface area contributed by atoms with Gasteiger partial charge in [0, 0.05) is 12.8 Å². The zero-order chi connectivity index (χ0) is 40.2. The number of nitrogens with zero attached hydrogens (tertiary/aromatic N) is 1. The molecule has 0 heterocycles. The number of phosphoric acid groups is 1. The zero-order valence-electron chi connectivity index (χ0n) is 34.8. The molecule has 0 rings (SSSR count). The van der Waals surface area contributed by atoms with Gasteiger partial charge in [-0.2, -0.15) is 0 Å². The molecular weight excluding hydrogens is 705 g/mol. The number of aliphatic hydroxyl groups is 1. The first kappa shape index (κ1) is 51.9. The molecule has 0 fully saturated rings. The first-order valence-corrected chi connectivity index (χ1v) is 22.4. The number of hydrogen-bond donors (Lipinski definition) is 1. The van der Waals surface area contributed by atoms with Crippen molar-refractivity contribution < 1.29 is 47.2 Å². The van der Waals surface area contributed by atoms with Crippen LogP contribution < -0.4 is 4.89 Å². The maximum Gasteiger partial charge on any atom is 0.306 e. The number of phosphoric ester groups is 1. The molecule has 0 aliphatic rings. The van der Waals surface area contributed by atoms with E-state index in [1.807, 2.05) is 39.4 Å². The number of carbonyl (C=O) groups is 2. The lowest BCUT2D eigenvalue weighted by Gasteiger charge is -2.28. The number of esters is 2. The van der Waals surface area contributed by atoms with Gasteiger partial charge in [-0.3, -0.25) is 14.2 Å². The molecule has 0 amide bonds. The molecule has 10 nitrogen and oxygen atoms in total. The van der Waals surface area contributed by atoms with Crippen LogP contribution in [0.15, 0.2) is 48.6 Å². The number of allylic oxidation sites excluding steroid dienone is 7. The van der Waals surface area contributed by atoms with Gasteiger partial charge in [0.1, 0.15) is 19.8 Å². The van der Waals surface area contributed by atoms with Crippen molar-refractivity contribution in [3.8, 4) is 0 Å². The second-order valence-electron chi connectivity index (χ2n) is 15.2. The fourth-order valence-corrected chi connectivity index (χ4v) is 6.10. The number of unbranched alkanes of at least 4 members (excludes halogenated alkanes) is 12. The van der Waals surface area contributed by atoms with Crippen LogP contribution in [-0.2, 0) is 32.7 Å². The standard InChI is InChI=1S/C43H78NO9P/c1-6-8-9-10-11-12-13-18-21-24-27-30-34-42(46)50-38-41(39-52-54(48,49)51-37-36-44(3,4)5)53-43(47)35-31-28-25-22-19-16-14-15-17-20-23-26-29-33-40(45)32-7-2/h14,16-17,20,22,25-26,29,40-41,45H,6-13,15,18-19,21,23-24,27-28,30-39H2,1-5H3/b16-14-,20-17-,25-22-,29-26-/t40?,41-/m1/s1. The van der Waals surface area contributed by atoms with Crippen LogP contribution >= 0.6 is 7.82 Å². The summed E-state index contributed by atoms with van der Waals surface area (Å²) >= 11 is 0. The second kappa shape index (κ2) is 35.4. The summed E-state index contributed by atoms with van der Waals surface area (Å²) in [7, 11) is 1.10. The van der Waals surface area contributed by atoms with Crippen LogP contribution in [0.3, 0.4) is 0 Å². The molecule has 0 aliphatic heterocycles. The van der Waals surface area contributed by atoms with Gasteiger partial charge in [-0.1, -0.05) is 140 Å². The van der Waals surface area contributed by atoms with Gasteiger partial charge >= 0.3 is 11.9 Å². The highest BCUT2D eigenvalue weighted by Crippen LogP contribution is 2.38. The highest BCUT2D eigenvalue weighted by Gasteiger charge is 2.21. The Morgan fingerprint density at radius 3 is 1.74 bits per heavy atom. The molecule has 11 heteroatoms. The van der Waals surface area contributed by atoms with Gasteiger partial charge in [-0.15, -0.1) is 0 Å². The van der Waals surface area contributed by atoms with Gasteiger partial charge in [0.2, 0.25) is 0 Å². The first-order chi connectivity index (χ1) is 25.9. The minimum absolute atomic E-state index is 0.0483. The van der Waals surface area contributed by atoms with E-state index < -0.39 is 32.5 Å². The summed E-state index contributed by atoms with van der Waals surface area (Å²) < 4.78 is 33.7. The molecular formula is C43H78NO9P. The average Bonchev–Trinajstić information content (AvgIpc) is 3.11. The molecule has 0 aromatic heterocycles. The van der Waals surface area contributed by atoms with Crippen LogP contribution in [0.2, 0.25) is 0 Å². The molecule has 0 radical (unpaired) electrons. The van der Waals surface area contributed by atoms with E-state index in [1.165, 1.54) is 57.8 Å². The van der Waals surface area contributed by atoms with Gasteiger partial charge in [-0.25, -0.2) is 0 Å². The fraction of sp³-hybridized carbons (Fsp3) is 0.767. The number of quaternary nitrogens is 1. The van der Waals surface area contributed by atoms with E-state index in [2.05, 4.69) is 44.2 Å². The summed E-state index contributed by atoms with van der Waals surface area (Å²) in [5.41, 5.74) is 0. The molecule has 0 bridgehead atoms. The van der Waals surface area contributed by atoms with E-state index in [0.29, 0.717) is 30.3 Å². The predicted octanol–water partition coefficient (Wildman–Crippen LogP) is 9.86. The fourth-order valence-electron chi connectivity index (χ4n) is 5.37. The van der Waals surface area contributed by atoms with Gasteiger partial charge in [0.25, 0.3) is 7.82 Å². The van der Waals surface area contributed by atoms with E-state index in [0.717, 1.165) is 51.4 Å². The summed E-state index contributed by atoms with van der Waals surface area (Å²) in [5.74, 6) is -0.922.